The van der Waals surface area contributed by atoms with Gasteiger partial charge in [0.2, 0.25) is 0 Å². The quantitative estimate of drug-likeness (QED) is 0.686. The number of ketones is 1. The number of rotatable bonds is 8. The highest BCUT2D eigenvalue weighted by Crippen LogP contribution is 2.27. The third-order valence-corrected chi connectivity index (χ3v) is 6.18. The summed E-state index contributed by atoms with van der Waals surface area (Å²) in [5.74, 6) is 0.496. The van der Waals surface area contributed by atoms with E-state index in [2.05, 4.69) is 4.90 Å². The Morgan fingerprint density at radius 3 is 2.26 bits per heavy atom. The Morgan fingerprint density at radius 1 is 1.21 bits per heavy atom. The van der Waals surface area contributed by atoms with E-state index in [1.807, 2.05) is 13.8 Å². The van der Waals surface area contributed by atoms with E-state index in [1.165, 1.54) is 0 Å². The maximum absolute atomic E-state index is 12.4. The summed E-state index contributed by atoms with van der Waals surface area (Å²) in [7, 11) is -2.95. The largest absolute Gasteiger partial charge is 0.298 e. The van der Waals surface area contributed by atoms with Gasteiger partial charge in [0, 0.05) is 12.2 Å². The number of Topliss-reactive ketones (excluding diaryl/α,β-unsaturated/α-hetero) is 1. The number of carbonyl (C=O) groups is 1. The summed E-state index contributed by atoms with van der Waals surface area (Å²) in [4.78, 5) is 14.7. The molecule has 112 valence electrons. The van der Waals surface area contributed by atoms with E-state index in [-0.39, 0.29) is 17.3 Å². The molecule has 0 aromatic carbocycles. The monoisotopic (exact) mass is 289 g/mol. The molecule has 1 rings (SSSR count). The fraction of sp³-hybridized carbons (Fsp3) is 0.929. The van der Waals surface area contributed by atoms with Gasteiger partial charge in [0.15, 0.2) is 5.78 Å². The molecule has 1 fully saturated rings. The van der Waals surface area contributed by atoms with Crippen LogP contribution < -0.4 is 0 Å². The summed E-state index contributed by atoms with van der Waals surface area (Å²) in [6.45, 7) is 7.68. The molecule has 0 bridgehead atoms. The highest BCUT2D eigenvalue weighted by molar-refractivity contribution is 7.91. The molecule has 0 aromatic rings. The molecule has 1 heterocycles. The van der Waals surface area contributed by atoms with Crippen molar-refractivity contribution in [2.24, 2.45) is 0 Å². The zero-order valence-electron chi connectivity index (χ0n) is 12.4. The molecule has 0 aliphatic carbocycles. The van der Waals surface area contributed by atoms with Gasteiger partial charge in [-0.05, 0) is 45.7 Å². The Bertz CT molecular complexity index is 399. The Morgan fingerprint density at radius 2 is 1.79 bits per heavy atom. The van der Waals surface area contributed by atoms with Gasteiger partial charge in [0.1, 0.15) is 9.84 Å². The van der Waals surface area contributed by atoms with Crippen molar-refractivity contribution in [2.45, 2.75) is 58.4 Å². The second-order valence-electron chi connectivity index (χ2n) is 5.58. The van der Waals surface area contributed by atoms with Gasteiger partial charge in [-0.1, -0.05) is 13.8 Å². The summed E-state index contributed by atoms with van der Waals surface area (Å²) in [6, 6.07) is 0. The second kappa shape index (κ2) is 6.84. The van der Waals surface area contributed by atoms with Crippen LogP contribution in [0.2, 0.25) is 0 Å². The molecule has 0 spiro atoms. The van der Waals surface area contributed by atoms with Crippen molar-refractivity contribution < 1.29 is 13.2 Å². The van der Waals surface area contributed by atoms with Gasteiger partial charge in [0.05, 0.1) is 11.3 Å². The van der Waals surface area contributed by atoms with Crippen molar-refractivity contribution in [3.8, 4) is 0 Å². The summed E-state index contributed by atoms with van der Waals surface area (Å²) < 4.78 is 22.9. The summed E-state index contributed by atoms with van der Waals surface area (Å²) in [5, 5.41) is 0. The Hall–Kier alpha value is -0.420. The third kappa shape index (κ3) is 4.28. The first-order valence-corrected chi connectivity index (χ1v) is 9.16. The topological polar surface area (TPSA) is 54.5 Å². The van der Waals surface area contributed by atoms with E-state index in [9.17, 15) is 13.2 Å². The van der Waals surface area contributed by atoms with Gasteiger partial charge >= 0.3 is 0 Å². The minimum atomic E-state index is -2.95. The molecule has 1 unspecified atom stereocenters. The number of carbonyl (C=O) groups excluding carboxylic acids is 1. The van der Waals surface area contributed by atoms with Crippen LogP contribution >= 0.6 is 0 Å². The highest BCUT2D eigenvalue weighted by atomic mass is 32.2. The Balaban J connectivity index is 2.54. The highest BCUT2D eigenvalue weighted by Gasteiger charge is 2.38. The smallest absolute Gasteiger partial charge is 0.152 e. The summed E-state index contributed by atoms with van der Waals surface area (Å²) >= 11 is 0. The maximum Gasteiger partial charge on any atom is 0.152 e. The van der Waals surface area contributed by atoms with Gasteiger partial charge in [0.25, 0.3) is 0 Å². The van der Waals surface area contributed by atoms with Crippen molar-refractivity contribution in [3.63, 3.8) is 0 Å². The van der Waals surface area contributed by atoms with E-state index in [1.54, 1.807) is 6.92 Å². The van der Waals surface area contributed by atoms with Crippen LogP contribution in [0.1, 0.15) is 52.9 Å². The molecule has 1 aliphatic heterocycles. The number of hydrogen-bond donors (Lipinski definition) is 0. The lowest BCUT2D eigenvalue weighted by molar-refractivity contribution is -0.130. The van der Waals surface area contributed by atoms with Crippen LogP contribution in [0.4, 0.5) is 0 Å². The molecule has 4 nitrogen and oxygen atoms in total. The number of sulfone groups is 1. The maximum atomic E-state index is 12.4. The molecule has 0 radical (unpaired) electrons. The predicted molar refractivity (Wildman–Crippen MR) is 78.1 cm³/mol. The molecule has 1 atom stereocenters. The number of nitrogens with zero attached hydrogens (tertiary/aromatic N) is 1. The lowest BCUT2D eigenvalue weighted by Crippen LogP contribution is -2.50. The van der Waals surface area contributed by atoms with Gasteiger partial charge < -0.3 is 0 Å². The lowest BCUT2D eigenvalue weighted by Gasteiger charge is -2.36. The first kappa shape index (κ1) is 16.6. The zero-order valence-corrected chi connectivity index (χ0v) is 13.3. The molecule has 0 N–H and O–H groups in total. The molecule has 0 amide bonds. The molecule has 5 heteroatoms. The van der Waals surface area contributed by atoms with Crippen LogP contribution in [0.15, 0.2) is 0 Å². The molecule has 0 saturated carbocycles. The van der Waals surface area contributed by atoms with Crippen LogP contribution in [0.5, 0.6) is 0 Å². The molecular formula is C14H27NO3S. The van der Waals surface area contributed by atoms with Crippen LogP contribution in [0, 0.1) is 0 Å². The van der Waals surface area contributed by atoms with Crippen LogP contribution in [-0.4, -0.2) is 49.2 Å². The van der Waals surface area contributed by atoms with Crippen molar-refractivity contribution >= 4 is 15.6 Å². The second-order valence-corrected chi connectivity index (χ2v) is 8.06. The molecule has 1 saturated heterocycles. The zero-order chi connectivity index (χ0) is 14.5. The first-order chi connectivity index (χ1) is 8.85. The first-order valence-electron chi connectivity index (χ1n) is 7.34. The lowest BCUT2D eigenvalue weighted by atomic mass is 9.89. The number of hydrogen-bond acceptors (Lipinski definition) is 4. The minimum Gasteiger partial charge on any atom is -0.298 e. The third-order valence-electron chi connectivity index (χ3n) is 4.39. The normalized spacial score (nSPS) is 20.4. The van der Waals surface area contributed by atoms with E-state index in [4.69, 9.17) is 0 Å². The average molecular weight is 289 g/mol. The summed E-state index contributed by atoms with van der Waals surface area (Å²) in [5.41, 5.74) is -0.396. The van der Waals surface area contributed by atoms with Gasteiger partial charge in [-0.2, -0.15) is 0 Å². The van der Waals surface area contributed by atoms with E-state index in [0.717, 1.165) is 32.4 Å². The van der Waals surface area contributed by atoms with Crippen LogP contribution in [0.25, 0.3) is 0 Å². The van der Waals surface area contributed by atoms with Crippen LogP contribution in [0.3, 0.4) is 0 Å². The molecule has 1 aliphatic rings. The van der Waals surface area contributed by atoms with Gasteiger partial charge in [-0.15, -0.1) is 0 Å². The Kier molecular flexibility index (Phi) is 5.99. The average Bonchev–Trinajstić information content (AvgIpc) is 2.91. The standard InChI is InChI=1S/C14H27NO3S/c1-4-14(3,15-10-6-7-11-15)13(16)9-8-12-19(17,18)5-2/h4-12H2,1-3H3. The van der Waals surface area contributed by atoms with Crippen molar-refractivity contribution in [2.75, 3.05) is 24.6 Å². The van der Waals surface area contributed by atoms with Crippen molar-refractivity contribution in [1.82, 2.24) is 4.90 Å². The van der Waals surface area contributed by atoms with Crippen molar-refractivity contribution in [3.05, 3.63) is 0 Å². The van der Waals surface area contributed by atoms with Crippen LogP contribution in [-0.2, 0) is 14.6 Å². The van der Waals surface area contributed by atoms with Crippen molar-refractivity contribution in [1.29, 1.82) is 0 Å². The molecule has 19 heavy (non-hydrogen) atoms. The fourth-order valence-corrected chi connectivity index (χ4v) is 3.55. The van der Waals surface area contributed by atoms with Gasteiger partial charge in [-0.25, -0.2) is 8.42 Å². The minimum absolute atomic E-state index is 0.134. The van der Waals surface area contributed by atoms with E-state index in [0.29, 0.717) is 12.8 Å². The number of likely N-dealkylation sites (tertiary alicyclic amines) is 1. The van der Waals surface area contributed by atoms with Gasteiger partial charge in [-0.3, -0.25) is 9.69 Å². The summed E-state index contributed by atoms with van der Waals surface area (Å²) in [6.07, 6.45) is 3.95. The Labute approximate surface area is 117 Å². The predicted octanol–water partition coefficient (Wildman–Crippen LogP) is 2.03. The molecular weight excluding hydrogens is 262 g/mol. The SMILES string of the molecule is CCC(C)(C(=O)CCCS(=O)(=O)CC)N1CCCC1. The molecule has 0 aromatic heterocycles. The van der Waals surface area contributed by atoms with E-state index < -0.39 is 15.4 Å². The van der Waals surface area contributed by atoms with E-state index >= 15 is 0 Å². The fourth-order valence-electron chi connectivity index (χ4n) is 2.67.